The van der Waals surface area contributed by atoms with Gasteiger partial charge in [0.15, 0.2) is 0 Å². The number of rotatable bonds is 3. The molecule has 5 heteroatoms. The Bertz CT molecular complexity index is 482. The van der Waals surface area contributed by atoms with E-state index in [2.05, 4.69) is 12.6 Å². The molecular formula is C14H18N2O2S. The molecule has 1 fully saturated rings. The third-order valence-corrected chi connectivity index (χ3v) is 3.92. The minimum absolute atomic E-state index is 0.0168. The van der Waals surface area contributed by atoms with E-state index in [1.165, 1.54) is 0 Å². The van der Waals surface area contributed by atoms with Gasteiger partial charge in [0, 0.05) is 24.4 Å². The van der Waals surface area contributed by atoms with Crippen LogP contribution in [0.15, 0.2) is 29.2 Å². The van der Waals surface area contributed by atoms with Crippen molar-refractivity contribution in [1.29, 1.82) is 0 Å². The minimum Gasteiger partial charge on any atom is -0.370 e. The molecule has 0 saturated carbocycles. The summed E-state index contributed by atoms with van der Waals surface area (Å²) >= 11 is 4.31. The summed E-state index contributed by atoms with van der Waals surface area (Å²) in [6.45, 7) is 1.36. The lowest BCUT2D eigenvalue weighted by Gasteiger charge is -2.31. The Morgan fingerprint density at radius 2 is 1.89 bits per heavy atom. The molecule has 0 spiro atoms. The molecule has 4 nitrogen and oxygen atoms in total. The predicted molar refractivity (Wildman–Crippen MR) is 76.1 cm³/mol. The number of piperidine rings is 1. The first-order valence-corrected chi connectivity index (χ1v) is 6.88. The van der Waals surface area contributed by atoms with Crippen molar-refractivity contribution in [2.24, 2.45) is 11.7 Å². The molecule has 0 aromatic heterocycles. The fourth-order valence-electron chi connectivity index (χ4n) is 2.45. The number of nitrogens with zero attached hydrogens (tertiary/aromatic N) is 1. The van der Waals surface area contributed by atoms with Crippen LogP contribution in [0.3, 0.4) is 0 Å². The van der Waals surface area contributed by atoms with Crippen molar-refractivity contribution in [2.75, 3.05) is 13.1 Å². The third kappa shape index (κ3) is 3.50. The maximum absolute atomic E-state index is 12.3. The Balaban J connectivity index is 1.96. The molecular weight excluding hydrogens is 260 g/mol. The number of primary amides is 1. The highest BCUT2D eigenvalue weighted by atomic mass is 32.1. The number of benzene rings is 1. The first-order chi connectivity index (χ1) is 9.08. The fourth-order valence-corrected chi connectivity index (χ4v) is 2.71. The number of amides is 2. The van der Waals surface area contributed by atoms with Crippen molar-refractivity contribution in [2.45, 2.75) is 24.2 Å². The molecule has 0 atom stereocenters. The molecule has 1 saturated heterocycles. The molecule has 1 aliphatic rings. The van der Waals surface area contributed by atoms with E-state index >= 15 is 0 Å². The molecule has 0 unspecified atom stereocenters. The van der Waals surface area contributed by atoms with E-state index in [4.69, 9.17) is 5.73 Å². The van der Waals surface area contributed by atoms with E-state index in [9.17, 15) is 9.59 Å². The largest absolute Gasteiger partial charge is 0.370 e. The van der Waals surface area contributed by atoms with Gasteiger partial charge in [0.1, 0.15) is 0 Å². The van der Waals surface area contributed by atoms with E-state index in [0.29, 0.717) is 35.9 Å². The Morgan fingerprint density at radius 3 is 2.47 bits per heavy atom. The van der Waals surface area contributed by atoms with Crippen LogP contribution < -0.4 is 5.73 Å². The van der Waals surface area contributed by atoms with Gasteiger partial charge in [-0.25, -0.2) is 0 Å². The highest BCUT2D eigenvalue weighted by molar-refractivity contribution is 7.80. The summed E-state index contributed by atoms with van der Waals surface area (Å²) in [4.78, 5) is 25.7. The van der Waals surface area contributed by atoms with Crippen molar-refractivity contribution in [3.63, 3.8) is 0 Å². The molecule has 2 amide bonds. The van der Waals surface area contributed by atoms with E-state index < -0.39 is 0 Å². The van der Waals surface area contributed by atoms with E-state index in [1.54, 1.807) is 6.07 Å². The number of nitrogens with two attached hydrogens (primary N) is 1. The molecule has 1 heterocycles. The second kappa shape index (κ2) is 6.10. The SMILES string of the molecule is NC(=O)CC1CCN(C(=O)c2ccccc2S)CC1. The van der Waals surface area contributed by atoms with Gasteiger partial charge in [-0.15, -0.1) is 12.6 Å². The normalized spacial score (nSPS) is 16.4. The van der Waals surface area contributed by atoms with Crippen LogP contribution in [0.5, 0.6) is 0 Å². The van der Waals surface area contributed by atoms with Gasteiger partial charge in [0.05, 0.1) is 5.56 Å². The van der Waals surface area contributed by atoms with Gasteiger partial charge in [-0.05, 0) is 30.9 Å². The second-order valence-corrected chi connectivity index (χ2v) is 5.40. The smallest absolute Gasteiger partial charge is 0.254 e. The molecule has 2 rings (SSSR count). The van der Waals surface area contributed by atoms with Crippen LogP contribution >= 0.6 is 12.6 Å². The van der Waals surface area contributed by atoms with E-state index in [-0.39, 0.29) is 11.8 Å². The minimum atomic E-state index is -0.259. The summed E-state index contributed by atoms with van der Waals surface area (Å²) in [5.74, 6) is 0.0707. The average molecular weight is 278 g/mol. The van der Waals surface area contributed by atoms with Gasteiger partial charge in [-0.1, -0.05) is 12.1 Å². The molecule has 1 aliphatic heterocycles. The molecule has 1 aromatic carbocycles. The van der Waals surface area contributed by atoms with Crippen LogP contribution in [0.25, 0.3) is 0 Å². The zero-order chi connectivity index (χ0) is 13.8. The van der Waals surface area contributed by atoms with Crippen LogP contribution in [0.1, 0.15) is 29.6 Å². The highest BCUT2D eigenvalue weighted by Crippen LogP contribution is 2.23. The standard InChI is InChI=1S/C14H18N2O2S/c15-13(17)9-10-5-7-16(8-6-10)14(18)11-3-1-2-4-12(11)19/h1-4,10,19H,5-9H2,(H2,15,17). The molecule has 0 radical (unpaired) electrons. The maximum atomic E-state index is 12.3. The lowest BCUT2D eigenvalue weighted by atomic mass is 9.93. The van der Waals surface area contributed by atoms with Gasteiger partial charge in [-0.2, -0.15) is 0 Å². The summed E-state index contributed by atoms with van der Waals surface area (Å²) < 4.78 is 0. The number of carbonyl (C=O) groups excluding carboxylic acids is 2. The third-order valence-electron chi connectivity index (χ3n) is 3.53. The highest BCUT2D eigenvalue weighted by Gasteiger charge is 2.25. The Morgan fingerprint density at radius 1 is 1.26 bits per heavy atom. The van der Waals surface area contributed by atoms with Crippen LogP contribution in [-0.2, 0) is 4.79 Å². The van der Waals surface area contributed by atoms with Gasteiger partial charge < -0.3 is 10.6 Å². The number of likely N-dealkylation sites (tertiary alicyclic amines) is 1. The topological polar surface area (TPSA) is 63.4 Å². The van der Waals surface area contributed by atoms with Crippen LogP contribution in [0.2, 0.25) is 0 Å². The van der Waals surface area contributed by atoms with E-state index in [1.807, 2.05) is 23.1 Å². The quantitative estimate of drug-likeness (QED) is 0.827. The van der Waals surface area contributed by atoms with Gasteiger partial charge in [-0.3, -0.25) is 9.59 Å². The lowest BCUT2D eigenvalue weighted by Crippen LogP contribution is -2.39. The first kappa shape index (κ1) is 13.9. The summed E-state index contributed by atoms with van der Waals surface area (Å²) in [6.07, 6.45) is 2.10. The fraction of sp³-hybridized carbons (Fsp3) is 0.429. The first-order valence-electron chi connectivity index (χ1n) is 6.43. The van der Waals surface area contributed by atoms with Crippen LogP contribution in [0, 0.1) is 5.92 Å². The summed E-state index contributed by atoms with van der Waals surface area (Å²) in [7, 11) is 0. The average Bonchev–Trinajstić information content (AvgIpc) is 2.39. The van der Waals surface area contributed by atoms with Gasteiger partial charge in [0.25, 0.3) is 5.91 Å². The maximum Gasteiger partial charge on any atom is 0.254 e. The number of carbonyl (C=O) groups is 2. The monoisotopic (exact) mass is 278 g/mol. The zero-order valence-corrected chi connectivity index (χ0v) is 11.6. The molecule has 0 aliphatic carbocycles. The van der Waals surface area contributed by atoms with Crippen molar-refractivity contribution in [1.82, 2.24) is 4.90 Å². The Hall–Kier alpha value is -1.49. The van der Waals surface area contributed by atoms with Crippen molar-refractivity contribution in [3.8, 4) is 0 Å². The van der Waals surface area contributed by atoms with Crippen LogP contribution in [-0.4, -0.2) is 29.8 Å². The molecule has 0 bridgehead atoms. The summed E-state index contributed by atoms with van der Waals surface area (Å²) in [5, 5.41) is 0. The summed E-state index contributed by atoms with van der Waals surface area (Å²) in [5.41, 5.74) is 5.84. The Kier molecular flexibility index (Phi) is 4.47. The number of thiol groups is 1. The molecule has 19 heavy (non-hydrogen) atoms. The molecule has 1 aromatic rings. The summed E-state index contributed by atoms with van der Waals surface area (Å²) in [6, 6.07) is 7.31. The number of hydrogen-bond acceptors (Lipinski definition) is 3. The second-order valence-electron chi connectivity index (χ2n) is 4.92. The van der Waals surface area contributed by atoms with Crippen molar-refractivity contribution >= 4 is 24.4 Å². The number of hydrogen-bond donors (Lipinski definition) is 2. The van der Waals surface area contributed by atoms with E-state index in [0.717, 1.165) is 12.8 Å². The van der Waals surface area contributed by atoms with Crippen molar-refractivity contribution < 1.29 is 9.59 Å². The molecule has 102 valence electrons. The van der Waals surface area contributed by atoms with Gasteiger partial charge in [0.2, 0.25) is 5.91 Å². The zero-order valence-electron chi connectivity index (χ0n) is 10.7. The van der Waals surface area contributed by atoms with Crippen molar-refractivity contribution in [3.05, 3.63) is 29.8 Å². The Labute approximate surface area is 118 Å². The predicted octanol–water partition coefficient (Wildman–Crippen LogP) is 1.70. The lowest BCUT2D eigenvalue weighted by molar-refractivity contribution is -0.119. The van der Waals surface area contributed by atoms with Gasteiger partial charge >= 0.3 is 0 Å². The van der Waals surface area contributed by atoms with Crippen LogP contribution in [0.4, 0.5) is 0 Å². The molecule has 2 N–H and O–H groups in total.